The van der Waals surface area contributed by atoms with Gasteiger partial charge in [-0.2, -0.15) is 17.9 Å². The van der Waals surface area contributed by atoms with Crippen LogP contribution in [-0.4, -0.2) is 25.1 Å². The largest absolute Gasteiger partial charge is 0.619 e. The third-order valence-corrected chi connectivity index (χ3v) is 6.68. The average molecular weight is 512 g/mol. The Kier molecular flexibility index (Phi) is 5.74. The number of amides is 2. The Morgan fingerprint density at radius 1 is 1.00 bits per heavy atom. The van der Waals surface area contributed by atoms with Crippen LogP contribution in [-0.2, 0) is 22.7 Å². The summed E-state index contributed by atoms with van der Waals surface area (Å²) in [5.41, 5.74) is -1.50. The molecule has 0 radical (unpaired) electrons. The van der Waals surface area contributed by atoms with Crippen LogP contribution in [0.3, 0.4) is 0 Å². The molecule has 1 N–H and O–H groups in total. The highest BCUT2D eigenvalue weighted by molar-refractivity contribution is 7.92. The molecule has 0 atom stereocenters. The number of carbonyl (C=O) groups is 2. The number of fused-ring (bicyclic) bond motifs is 1. The highest BCUT2D eigenvalue weighted by atomic mass is 35.5. The number of aromatic nitrogens is 1. The lowest BCUT2D eigenvalue weighted by molar-refractivity contribution is -0.605. The van der Waals surface area contributed by atoms with Crippen LogP contribution >= 0.6 is 11.6 Å². The number of nitrogens with one attached hydrogen (secondary N) is 1. The molecular formula is C21H13ClF3N3O5S. The van der Waals surface area contributed by atoms with E-state index >= 15 is 0 Å². The second-order valence-electron chi connectivity index (χ2n) is 7.24. The van der Waals surface area contributed by atoms with E-state index in [4.69, 9.17) is 11.6 Å². The van der Waals surface area contributed by atoms with Crippen LogP contribution in [0.5, 0.6) is 0 Å². The van der Waals surface area contributed by atoms with Gasteiger partial charge in [0.25, 0.3) is 21.8 Å². The quantitative estimate of drug-likeness (QED) is 0.320. The van der Waals surface area contributed by atoms with E-state index in [1.165, 1.54) is 36.7 Å². The van der Waals surface area contributed by atoms with E-state index in [9.17, 15) is 36.4 Å². The van der Waals surface area contributed by atoms with Crippen LogP contribution in [0.15, 0.2) is 65.8 Å². The van der Waals surface area contributed by atoms with Crippen molar-refractivity contribution in [3.8, 4) is 0 Å². The minimum absolute atomic E-state index is 0.0970. The normalized spacial score (nSPS) is 13.8. The van der Waals surface area contributed by atoms with E-state index in [-0.39, 0.29) is 28.4 Å². The first kappa shape index (κ1) is 23.5. The van der Waals surface area contributed by atoms with E-state index < -0.39 is 38.5 Å². The first-order chi connectivity index (χ1) is 15.9. The molecular weight excluding hydrogens is 499 g/mol. The molecule has 4 rings (SSSR count). The van der Waals surface area contributed by atoms with E-state index in [0.717, 1.165) is 17.0 Å². The lowest BCUT2D eigenvalue weighted by atomic mass is 10.1. The summed E-state index contributed by atoms with van der Waals surface area (Å²) < 4.78 is 66.5. The average Bonchev–Trinajstić information content (AvgIpc) is 3.01. The van der Waals surface area contributed by atoms with Crippen molar-refractivity contribution in [1.82, 2.24) is 4.90 Å². The lowest BCUT2D eigenvalue weighted by Crippen LogP contribution is -2.31. The molecule has 0 spiro atoms. The number of anilines is 1. The van der Waals surface area contributed by atoms with E-state index in [1.807, 2.05) is 0 Å². The van der Waals surface area contributed by atoms with Crippen LogP contribution < -0.4 is 9.45 Å². The highest BCUT2D eigenvalue weighted by Crippen LogP contribution is 2.36. The van der Waals surface area contributed by atoms with Crippen molar-refractivity contribution in [2.45, 2.75) is 17.6 Å². The predicted octanol–water partition coefficient (Wildman–Crippen LogP) is 3.59. The van der Waals surface area contributed by atoms with Gasteiger partial charge in [0, 0.05) is 11.6 Å². The van der Waals surface area contributed by atoms with Crippen molar-refractivity contribution in [2.75, 3.05) is 4.72 Å². The number of carbonyl (C=O) groups excluding carboxylic acids is 2. The molecule has 0 unspecified atom stereocenters. The summed E-state index contributed by atoms with van der Waals surface area (Å²) >= 11 is 6.11. The number of nitrogens with zero attached hydrogens (tertiary/aromatic N) is 2. The van der Waals surface area contributed by atoms with Crippen molar-refractivity contribution in [3.05, 3.63) is 93.4 Å². The van der Waals surface area contributed by atoms with Gasteiger partial charge in [0.2, 0.25) is 0 Å². The molecule has 0 fully saturated rings. The molecule has 176 valence electrons. The van der Waals surface area contributed by atoms with Gasteiger partial charge in [0.15, 0.2) is 12.4 Å². The van der Waals surface area contributed by atoms with Crippen LogP contribution in [0.2, 0.25) is 5.02 Å². The lowest BCUT2D eigenvalue weighted by Gasteiger charge is -2.14. The second-order valence-corrected chi connectivity index (χ2v) is 9.33. The van der Waals surface area contributed by atoms with Gasteiger partial charge in [-0.25, -0.2) is 8.42 Å². The van der Waals surface area contributed by atoms with Gasteiger partial charge in [-0.3, -0.25) is 19.2 Å². The SMILES string of the molecule is O=C1c2c(Cl)ccc(NS(=O)(=O)c3ccc(C(F)(F)F)cc3)c2C(=O)N1Cc1ccc[n+]([O-])c1. The van der Waals surface area contributed by atoms with Crippen LogP contribution in [0.1, 0.15) is 31.8 Å². The fourth-order valence-electron chi connectivity index (χ4n) is 3.40. The van der Waals surface area contributed by atoms with Crippen LogP contribution in [0.25, 0.3) is 0 Å². The number of sulfonamides is 1. The minimum atomic E-state index is -4.65. The zero-order valence-electron chi connectivity index (χ0n) is 16.8. The number of halogens is 4. The Bertz CT molecular complexity index is 1430. The number of pyridine rings is 1. The van der Waals surface area contributed by atoms with Crippen molar-refractivity contribution < 1.29 is 35.9 Å². The fourth-order valence-corrected chi connectivity index (χ4v) is 4.71. The second kappa shape index (κ2) is 8.29. The Balaban J connectivity index is 1.68. The Morgan fingerprint density at radius 3 is 2.26 bits per heavy atom. The first-order valence-electron chi connectivity index (χ1n) is 9.45. The maximum Gasteiger partial charge on any atom is 0.416 e. The van der Waals surface area contributed by atoms with Gasteiger partial charge in [-0.15, -0.1) is 0 Å². The summed E-state index contributed by atoms with van der Waals surface area (Å²) in [6.07, 6.45) is -2.26. The van der Waals surface area contributed by atoms with Gasteiger partial charge in [-0.05, 0) is 42.5 Å². The molecule has 0 saturated heterocycles. The van der Waals surface area contributed by atoms with Crippen LogP contribution in [0, 0.1) is 5.21 Å². The van der Waals surface area contributed by atoms with Crippen molar-refractivity contribution in [1.29, 1.82) is 0 Å². The van der Waals surface area contributed by atoms with E-state index in [2.05, 4.69) is 4.72 Å². The highest BCUT2D eigenvalue weighted by Gasteiger charge is 2.40. The number of hydrogen-bond donors (Lipinski definition) is 1. The standard InChI is InChI=1S/C21H13ClF3N3O5S/c22-15-7-8-16(26-34(32,33)14-5-3-13(4-6-14)21(23,24)25)18-17(15)19(29)28(20(18)30)11-12-2-1-9-27(31)10-12/h1-10,26H,11H2. The molecule has 0 bridgehead atoms. The Labute approximate surface area is 195 Å². The predicted molar refractivity (Wildman–Crippen MR) is 113 cm³/mol. The maximum absolute atomic E-state index is 13.0. The molecule has 2 aromatic carbocycles. The molecule has 1 aliphatic heterocycles. The summed E-state index contributed by atoms with van der Waals surface area (Å²) in [5, 5.41) is 11.4. The molecule has 1 aromatic heterocycles. The fraction of sp³-hybridized carbons (Fsp3) is 0.0952. The zero-order chi connectivity index (χ0) is 24.8. The molecule has 3 aromatic rings. The topological polar surface area (TPSA) is 110 Å². The maximum atomic E-state index is 13.0. The smallest absolute Gasteiger partial charge is 0.416 e. The first-order valence-corrected chi connectivity index (χ1v) is 11.3. The molecule has 13 heteroatoms. The van der Waals surface area contributed by atoms with Gasteiger partial charge in [-0.1, -0.05) is 11.6 Å². The van der Waals surface area contributed by atoms with Crippen molar-refractivity contribution >= 4 is 39.1 Å². The Morgan fingerprint density at radius 2 is 1.65 bits per heavy atom. The molecule has 2 amide bonds. The van der Waals surface area contributed by atoms with E-state index in [0.29, 0.717) is 22.4 Å². The molecule has 0 aliphatic carbocycles. The number of hydrogen-bond acceptors (Lipinski definition) is 5. The monoisotopic (exact) mass is 511 g/mol. The van der Waals surface area contributed by atoms with Crippen LogP contribution in [0.4, 0.5) is 18.9 Å². The zero-order valence-corrected chi connectivity index (χ0v) is 18.4. The summed E-state index contributed by atoms with van der Waals surface area (Å²) in [5.74, 6) is -1.64. The molecule has 8 nitrogen and oxygen atoms in total. The molecule has 2 heterocycles. The molecule has 1 aliphatic rings. The van der Waals surface area contributed by atoms with E-state index in [1.54, 1.807) is 0 Å². The molecule has 0 saturated carbocycles. The van der Waals surface area contributed by atoms with Crippen molar-refractivity contribution in [2.24, 2.45) is 0 Å². The summed E-state index contributed by atoms with van der Waals surface area (Å²) in [6, 6.07) is 8.10. The summed E-state index contributed by atoms with van der Waals surface area (Å²) in [4.78, 5) is 26.3. The number of alkyl halides is 3. The minimum Gasteiger partial charge on any atom is -0.619 e. The molecule has 34 heavy (non-hydrogen) atoms. The number of rotatable bonds is 5. The van der Waals surface area contributed by atoms with Gasteiger partial charge in [0.1, 0.15) is 0 Å². The van der Waals surface area contributed by atoms with Gasteiger partial charge < -0.3 is 5.21 Å². The third kappa shape index (κ3) is 4.29. The Hall–Kier alpha value is -3.64. The third-order valence-electron chi connectivity index (χ3n) is 4.99. The summed E-state index contributed by atoms with van der Waals surface area (Å²) in [6.45, 7) is -0.267. The van der Waals surface area contributed by atoms with Crippen molar-refractivity contribution in [3.63, 3.8) is 0 Å². The van der Waals surface area contributed by atoms with Gasteiger partial charge >= 0.3 is 6.18 Å². The number of imide groups is 1. The van der Waals surface area contributed by atoms with Gasteiger partial charge in [0.05, 0.1) is 38.8 Å². The summed E-state index contributed by atoms with van der Waals surface area (Å²) in [7, 11) is -4.42. The number of benzene rings is 2.